The maximum Gasteiger partial charge on any atom is 0.459 e. The van der Waals surface area contributed by atoms with Crippen molar-refractivity contribution in [1.82, 2.24) is 44.4 Å². The van der Waals surface area contributed by atoms with E-state index in [4.69, 9.17) is 23.2 Å². The lowest BCUT2D eigenvalue weighted by Crippen LogP contribution is -2.35. The Morgan fingerprint density at radius 3 is 1.49 bits per heavy atom. The molecule has 1 amide bonds. The summed E-state index contributed by atoms with van der Waals surface area (Å²) >= 11 is 12.0. The van der Waals surface area contributed by atoms with Gasteiger partial charge in [0.05, 0.1) is 39.6 Å². The van der Waals surface area contributed by atoms with E-state index in [1.54, 1.807) is 6.07 Å². The first kappa shape index (κ1) is 47.5. The number of amides is 1. The number of nitrogens with one attached hydrogen (secondary N) is 1. The zero-order valence-electron chi connectivity index (χ0n) is 33.1. The Labute approximate surface area is 369 Å². The summed E-state index contributed by atoms with van der Waals surface area (Å²) < 4.78 is 137. The first-order chi connectivity index (χ1) is 30.2. The van der Waals surface area contributed by atoms with Gasteiger partial charge in [-0.25, -0.2) is 23.5 Å². The largest absolute Gasteiger partial charge is 0.478 e. The summed E-state index contributed by atoms with van der Waals surface area (Å²) in [6.07, 6.45) is -3.61. The first-order valence-corrected chi connectivity index (χ1v) is 18.9. The highest BCUT2D eigenvalue weighted by Gasteiger charge is 2.62. The third-order valence-electron chi connectivity index (χ3n) is 9.81. The van der Waals surface area contributed by atoms with Gasteiger partial charge in [0.25, 0.3) is 5.91 Å². The summed E-state index contributed by atoms with van der Waals surface area (Å²) in [5.41, 5.74) is -3.39. The average molecular weight is 958 g/mol. The number of nitrogens with zero attached hydrogens (tertiary/aromatic N) is 9. The molecule has 0 unspecified atom stereocenters. The minimum Gasteiger partial charge on any atom is -0.478 e. The van der Waals surface area contributed by atoms with Crippen molar-refractivity contribution in [3.8, 4) is 40.0 Å². The molecule has 1 fully saturated rings. The normalized spacial score (nSPS) is 13.7. The maximum atomic E-state index is 14.0. The fraction of sp³-hybridized carbons (Fsp3) is 0.225. The molecule has 1 aliphatic rings. The highest BCUT2D eigenvalue weighted by atomic mass is 35.5. The standard InChI is InChI=1S/C22H16ClF5N6O.C18H12ClF5N4O2/c1-3-14-17(21(24,25)22(26,27)28)32-33(2)19(14)34-10-13(9-30-34)12-4-5-16(23)15(8-12)18(35)31-20(11-29)6-7-20;1-3-11-14(17(20,21)18(22,23)24)26-27(2)15(11)28-8-10(7-25-28)9-4-5-13(19)12(6-9)16(29)30/h3-5,8-10H,1,6-7H2,2H3,(H,31,35);3-8H,1H2,2H3,(H,29,30). The quantitative estimate of drug-likeness (QED) is 0.121. The molecule has 1 aliphatic carbocycles. The summed E-state index contributed by atoms with van der Waals surface area (Å²) in [7, 11) is 2.39. The molecule has 7 rings (SSSR count). The number of hydrogen-bond donors (Lipinski definition) is 2. The summed E-state index contributed by atoms with van der Waals surface area (Å²) in [5.74, 6) is -12.5. The zero-order valence-corrected chi connectivity index (χ0v) is 34.6. The number of nitriles is 1. The van der Waals surface area contributed by atoms with Crippen LogP contribution in [0.15, 0.2) is 74.3 Å². The molecule has 65 heavy (non-hydrogen) atoms. The molecule has 0 aliphatic heterocycles. The van der Waals surface area contributed by atoms with Crippen LogP contribution in [0, 0.1) is 11.3 Å². The smallest absolute Gasteiger partial charge is 0.459 e. The van der Waals surface area contributed by atoms with Crippen LogP contribution in [0.2, 0.25) is 10.0 Å². The molecule has 25 heteroatoms. The first-order valence-electron chi connectivity index (χ1n) is 18.2. The van der Waals surface area contributed by atoms with Crippen molar-refractivity contribution in [3.05, 3.63) is 118 Å². The zero-order chi connectivity index (χ0) is 48.2. The van der Waals surface area contributed by atoms with Crippen LogP contribution in [0.4, 0.5) is 43.9 Å². The van der Waals surface area contributed by atoms with Crippen molar-refractivity contribution in [2.45, 2.75) is 42.6 Å². The van der Waals surface area contributed by atoms with Gasteiger partial charge in [0.2, 0.25) is 0 Å². The molecule has 6 aromatic rings. The molecule has 340 valence electrons. The Bertz CT molecular complexity index is 2920. The molecule has 2 N–H and O–H groups in total. The van der Waals surface area contributed by atoms with Crippen LogP contribution in [-0.2, 0) is 25.9 Å². The maximum absolute atomic E-state index is 14.0. The van der Waals surface area contributed by atoms with E-state index >= 15 is 0 Å². The molecule has 1 saturated carbocycles. The fourth-order valence-electron chi connectivity index (χ4n) is 6.31. The predicted molar refractivity (Wildman–Crippen MR) is 214 cm³/mol. The number of rotatable bonds is 11. The number of carboxylic acids is 1. The second kappa shape index (κ2) is 16.9. The minimum absolute atomic E-state index is 0.0123. The lowest BCUT2D eigenvalue weighted by atomic mass is 10.1. The van der Waals surface area contributed by atoms with Crippen molar-refractivity contribution in [2.24, 2.45) is 14.1 Å². The fourth-order valence-corrected chi connectivity index (χ4v) is 6.71. The highest BCUT2D eigenvalue weighted by molar-refractivity contribution is 6.34. The van der Waals surface area contributed by atoms with E-state index in [-0.39, 0.29) is 32.8 Å². The molecule has 4 aromatic heterocycles. The molecule has 2 aromatic carbocycles. The molecular weight excluding hydrogens is 929 g/mol. The van der Waals surface area contributed by atoms with Crippen LogP contribution in [0.25, 0.3) is 46.0 Å². The summed E-state index contributed by atoms with van der Waals surface area (Å²) in [6, 6.07) is 10.7. The molecule has 4 heterocycles. The van der Waals surface area contributed by atoms with Crippen LogP contribution in [0.3, 0.4) is 0 Å². The van der Waals surface area contributed by atoms with Gasteiger partial charge < -0.3 is 10.4 Å². The Balaban J connectivity index is 0.000000218. The van der Waals surface area contributed by atoms with Gasteiger partial charge in [-0.3, -0.25) is 4.79 Å². The van der Waals surface area contributed by atoms with Crippen LogP contribution in [0.1, 0.15) is 56.1 Å². The van der Waals surface area contributed by atoms with E-state index in [1.807, 2.05) is 6.07 Å². The Morgan fingerprint density at radius 2 is 1.14 bits per heavy atom. The van der Waals surface area contributed by atoms with Gasteiger partial charge in [-0.1, -0.05) is 60.6 Å². The number of halogens is 12. The van der Waals surface area contributed by atoms with Gasteiger partial charge in [0.15, 0.2) is 23.0 Å². The topological polar surface area (TPSA) is 161 Å². The number of carboxylic acid groups (broad SMARTS) is 1. The van der Waals surface area contributed by atoms with Crippen molar-refractivity contribution in [2.75, 3.05) is 0 Å². The lowest BCUT2D eigenvalue weighted by Gasteiger charge is -2.18. The Kier molecular flexibility index (Phi) is 12.4. The van der Waals surface area contributed by atoms with Gasteiger partial charge in [0, 0.05) is 48.7 Å². The minimum atomic E-state index is -5.85. The average Bonchev–Trinajstić information content (AvgIpc) is 3.62. The molecule has 0 bridgehead atoms. The van der Waals surface area contributed by atoms with Gasteiger partial charge >= 0.3 is 30.2 Å². The number of aromatic nitrogens is 8. The molecule has 0 radical (unpaired) electrons. The Morgan fingerprint density at radius 1 is 0.738 bits per heavy atom. The van der Waals surface area contributed by atoms with Crippen LogP contribution < -0.4 is 5.32 Å². The number of aryl methyl sites for hydroxylation is 2. The second-order valence-electron chi connectivity index (χ2n) is 14.2. The number of benzene rings is 2. The highest BCUT2D eigenvalue weighted by Crippen LogP contribution is 2.47. The van der Waals surface area contributed by atoms with E-state index in [9.17, 15) is 63.9 Å². The molecule has 0 spiro atoms. The van der Waals surface area contributed by atoms with Gasteiger partial charge in [-0.05, 0) is 48.2 Å². The lowest BCUT2D eigenvalue weighted by molar-refractivity contribution is -0.291. The predicted octanol–water partition coefficient (Wildman–Crippen LogP) is 9.93. The summed E-state index contributed by atoms with van der Waals surface area (Å²) in [6.45, 7) is 6.67. The molecule has 0 saturated heterocycles. The number of alkyl halides is 10. The van der Waals surface area contributed by atoms with E-state index in [0.29, 0.717) is 35.1 Å². The van der Waals surface area contributed by atoms with Crippen molar-refractivity contribution in [3.63, 3.8) is 0 Å². The summed E-state index contributed by atoms with van der Waals surface area (Å²) in [5, 5.41) is 36.0. The molecule has 13 nitrogen and oxygen atoms in total. The molecule has 0 atom stereocenters. The van der Waals surface area contributed by atoms with Crippen molar-refractivity contribution in [1.29, 1.82) is 5.26 Å². The van der Waals surface area contributed by atoms with Gasteiger partial charge in [-0.2, -0.15) is 69.6 Å². The van der Waals surface area contributed by atoms with Crippen molar-refractivity contribution >= 4 is 47.2 Å². The van der Waals surface area contributed by atoms with Crippen LogP contribution >= 0.6 is 23.2 Å². The van der Waals surface area contributed by atoms with E-state index in [1.165, 1.54) is 69.2 Å². The van der Waals surface area contributed by atoms with E-state index < -0.39 is 64.1 Å². The number of carbonyl (C=O) groups is 2. The molecular formula is C40H28Cl2F10N10O3. The third-order valence-corrected chi connectivity index (χ3v) is 10.5. The second-order valence-corrected chi connectivity index (χ2v) is 15.0. The van der Waals surface area contributed by atoms with Gasteiger partial charge in [0.1, 0.15) is 5.54 Å². The Hall–Kier alpha value is -6.93. The van der Waals surface area contributed by atoms with Crippen molar-refractivity contribution < 1.29 is 58.6 Å². The van der Waals surface area contributed by atoms with E-state index in [0.717, 1.165) is 30.9 Å². The SMILES string of the molecule is C=Cc1c(C(F)(F)C(F)(F)F)nn(C)c1-n1cc(-c2ccc(Cl)c(C(=O)NC3(C#N)CC3)c2)cn1.C=Cc1c(C(F)(F)C(F)(F)F)nn(C)c1-n1cc(-c2ccc(Cl)c(C(=O)O)c2)cn1. The van der Waals surface area contributed by atoms with Gasteiger partial charge in [-0.15, -0.1) is 0 Å². The number of hydrogen-bond acceptors (Lipinski definition) is 7. The monoisotopic (exact) mass is 956 g/mol. The van der Waals surface area contributed by atoms with Crippen LogP contribution in [-0.4, -0.2) is 74.0 Å². The third kappa shape index (κ3) is 8.82. The number of carbonyl (C=O) groups excluding carboxylic acids is 1. The number of aromatic carboxylic acids is 1. The van der Waals surface area contributed by atoms with E-state index in [2.05, 4.69) is 38.9 Å². The summed E-state index contributed by atoms with van der Waals surface area (Å²) in [4.78, 5) is 23.9. The van der Waals surface area contributed by atoms with Crippen LogP contribution in [0.5, 0.6) is 0 Å².